The van der Waals surface area contributed by atoms with Gasteiger partial charge in [0.25, 0.3) is 0 Å². The Morgan fingerprint density at radius 3 is 2.57 bits per heavy atom. The lowest BCUT2D eigenvalue weighted by Gasteiger charge is -2.31. The first-order valence-corrected chi connectivity index (χ1v) is 8.01. The summed E-state index contributed by atoms with van der Waals surface area (Å²) in [7, 11) is 0. The highest BCUT2D eigenvalue weighted by Crippen LogP contribution is 2.27. The van der Waals surface area contributed by atoms with Crippen molar-refractivity contribution in [3.8, 4) is 11.4 Å². The molecule has 4 rings (SSSR count). The number of benzene rings is 2. The van der Waals surface area contributed by atoms with E-state index in [9.17, 15) is 0 Å². The molecule has 0 aliphatic carbocycles. The molecule has 1 aliphatic heterocycles. The van der Waals surface area contributed by atoms with E-state index in [1.54, 1.807) is 0 Å². The molecule has 23 heavy (non-hydrogen) atoms. The zero-order valence-corrected chi connectivity index (χ0v) is 13.1. The third kappa shape index (κ3) is 2.78. The minimum atomic E-state index is 0.119. The van der Waals surface area contributed by atoms with Gasteiger partial charge in [0, 0.05) is 18.7 Å². The van der Waals surface area contributed by atoms with Crippen molar-refractivity contribution in [3.05, 3.63) is 71.6 Å². The number of fused-ring (bicyclic) bond motifs is 1. The number of hydrogen-bond acceptors (Lipinski definition) is 4. The van der Waals surface area contributed by atoms with Gasteiger partial charge in [-0.15, -0.1) is 0 Å². The Kier molecular flexibility index (Phi) is 3.67. The average molecular weight is 305 g/mol. The lowest BCUT2D eigenvalue weighted by Crippen LogP contribution is -2.33. The molecule has 0 unspecified atom stereocenters. The van der Waals surface area contributed by atoms with E-state index in [-0.39, 0.29) is 6.04 Å². The molecule has 4 heteroatoms. The van der Waals surface area contributed by atoms with Crippen molar-refractivity contribution in [1.29, 1.82) is 0 Å². The van der Waals surface area contributed by atoms with E-state index in [0.717, 1.165) is 25.1 Å². The fourth-order valence-corrected chi connectivity index (χ4v) is 3.11. The van der Waals surface area contributed by atoms with Gasteiger partial charge in [-0.1, -0.05) is 59.8 Å². The van der Waals surface area contributed by atoms with E-state index < -0.39 is 0 Å². The number of hydrogen-bond donors (Lipinski definition) is 0. The van der Waals surface area contributed by atoms with Gasteiger partial charge in [-0.25, -0.2) is 0 Å². The van der Waals surface area contributed by atoms with E-state index >= 15 is 0 Å². The SMILES string of the molecule is C[C@@H](c1nc(-c2ccccc2)no1)N1CCc2ccccc2C1. The van der Waals surface area contributed by atoms with Crippen LogP contribution in [0, 0.1) is 0 Å². The van der Waals surface area contributed by atoms with Crippen LogP contribution >= 0.6 is 0 Å². The molecule has 2 heterocycles. The van der Waals surface area contributed by atoms with Crippen LogP contribution in [0.4, 0.5) is 0 Å². The third-order valence-corrected chi connectivity index (χ3v) is 4.54. The summed E-state index contributed by atoms with van der Waals surface area (Å²) >= 11 is 0. The predicted molar refractivity (Wildman–Crippen MR) is 88.7 cm³/mol. The van der Waals surface area contributed by atoms with Crippen LogP contribution in [0.15, 0.2) is 59.1 Å². The first kappa shape index (κ1) is 14.2. The van der Waals surface area contributed by atoms with Crippen LogP contribution in [0.2, 0.25) is 0 Å². The minimum Gasteiger partial charge on any atom is -0.337 e. The van der Waals surface area contributed by atoms with Crippen LogP contribution in [0.25, 0.3) is 11.4 Å². The summed E-state index contributed by atoms with van der Waals surface area (Å²) < 4.78 is 5.52. The van der Waals surface area contributed by atoms with E-state index in [0.29, 0.717) is 11.7 Å². The Bertz CT molecular complexity index is 797. The summed E-state index contributed by atoms with van der Waals surface area (Å²) in [6, 6.07) is 18.7. The summed E-state index contributed by atoms with van der Waals surface area (Å²) in [5.74, 6) is 1.34. The molecule has 1 atom stereocenters. The van der Waals surface area contributed by atoms with Gasteiger partial charge >= 0.3 is 0 Å². The number of rotatable bonds is 3. The molecule has 1 aliphatic rings. The van der Waals surface area contributed by atoms with Crippen molar-refractivity contribution in [1.82, 2.24) is 15.0 Å². The molecule has 3 aromatic rings. The Morgan fingerprint density at radius 1 is 1.00 bits per heavy atom. The van der Waals surface area contributed by atoms with E-state index in [1.165, 1.54) is 11.1 Å². The van der Waals surface area contributed by atoms with Crippen LogP contribution in [-0.4, -0.2) is 21.6 Å². The molecule has 0 fully saturated rings. The van der Waals surface area contributed by atoms with Gasteiger partial charge in [0.15, 0.2) is 0 Å². The molecule has 0 bridgehead atoms. The van der Waals surface area contributed by atoms with E-state index in [1.807, 2.05) is 30.3 Å². The molecule has 2 aromatic carbocycles. The maximum absolute atomic E-state index is 5.52. The molecular weight excluding hydrogens is 286 g/mol. The smallest absolute Gasteiger partial charge is 0.244 e. The van der Waals surface area contributed by atoms with E-state index in [2.05, 4.69) is 46.2 Å². The second-order valence-electron chi connectivity index (χ2n) is 5.99. The van der Waals surface area contributed by atoms with Crippen LogP contribution in [0.1, 0.15) is 30.0 Å². The van der Waals surface area contributed by atoms with Crippen LogP contribution in [0.5, 0.6) is 0 Å². The van der Waals surface area contributed by atoms with Crippen molar-refractivity contribution in [2.75, 3.05) is 6.54 Å². The van der Waals surface area contributed by atoms with Crippen molar-refractivity contribution < 1.29 is 4.52 Å². The Morgan fingerprint density at radius 2 is 1.74 bits per heavy atom. The number of nitrogens with zero attached hydrogens (tertiary/aromatic N) is 3. The molecule has 0 spiro atoms. The van der Waals surface area contributed by atoms with Gasteiger partial charge in [-0.2, -0.15) is 4.98 Å². The second-order valence-corrected chi connectivity index (χ2v) is 5.99. The van der Waals surface area contributed by atoms with Gasteiger partial charge in [-0.05, 0) is 24.5 Å². The maximum atomic E-state index is 5.52. The Labute approximate surface area is 135 Å². The van der Waals surface area contributed by atoms with Gasteiger partial charge in [0.2, 0.25) is 11.7 Å². The van der Waals surface area contributed by atoms with Gasteiger partial charge in [0.1, 0.15) is 0 Å². The fraction of sp³-hybridized carbons (Fsp3) is 0.263. The minimum absolute atomic E-state index is 0.119. The van der Waals surface area contributed by atoms with Gasteiger partial charge in [0.05, 0.1) is 6.04 Å². The first-order chi connectivity index (χ1) is 11.3. The first-order valence-electron chi connectivity index (χ1n) is 8.01. The molecule has 0 saturated heterocycles. The lowest BCUT2D eigenvalue weighted by molar-refractivity contribution is 0.158. The standard InChI is InChI=1S/C19H19N3O/c1-14(22-12-11-15-7-5-6-10-17(15)13-22)19-20-18(21-23-19)16-8-3-2-4-9-16/h2-10,14H,11-13H2,1H3/t14-/m0/s1. The van der Waals surface area contributed by atoms with Crippen LogP contribution in [-0.2, 0) is 13.0 Å². The topological polar surface area (TPSA) is 42.2 Å². The van der Waals surface area contributed by atoms with Crippen LogP contribution in [0.3, 0.4) is 0 Å². The molecule has 1 aromatic heterocycles. The van der Waals surface area contributed by atoms with E-state index in [4.69, 9.17) is 4.52 Å². The quantitative estimate of drug-likeness (QED) is 0.737. The largest absolute Gasteiger partial charge is 0.337 e. The summed E-state index contributed by atoms with van der Waals surface area (Å²) in [6.07, 6.45) is 1.07. The van der Waals surface area contributed by atoms with Gasteiger partial charge in [-0.3, -0.25) is 4.90 Å². The Hall–Kier alpha value is -2.46. The highest BCUT2D eigenvalue weighted by molar-refractivity contribution is 5.53. The highest BCUT2D eigenvalue weighted by Gasteiger charge is 2.25. The molecule has 4 nitrogen and oxygen atoms in total. The molecule has 0 saturated carbocycles. The average Bonchev–Trinajstić information content (AvgIpc) is 3.11. The summed E-state index contributed by atoms with van der Waals surface area (Å²) in [6.45, 7) is 4.08. The van der Waals surface area contributed by atoms with Gasteiger partial charge < -0.3 is 4.52 Å². The molecule has 116 valence electrons. The lowest BCUT2D eigenvalue weighted by atomic mass is 9.99. The zero-order chi connectivity index (χ0) is 15.6. The normalized spacial score (nSPS) is 16.0. The maximum Gasteiger partial charge on any atom is 0.244 e. The summed E-state index contributed by atoms with van der Waals surface area (Å²) in [4.78, 5) is 6.99. The Balaban J connectivity index is 1.54. The second kappa shape index (κ2) is 5.97. The third-order valence-electron chi connectivity index (χ3n) is 4.54. The molecule has 0 amide bonds. The highest BCUT2D eigenvalue weighted by atomic mass is 16.5. The predicted octanol–water partition coefficient (Wildman–Crippen LogP) is 3.86. The monoisotopic (exact) mass is 305 g/mol. The van der Waals surface area contributed by atoms with Crippen molar-refractivity contribution >= 4 is 0 Å². The molecule has 0 radical (unpaired) electrons. The van der Waals surface area contributed by atoms with Crippen molar-refractivity contribution in [2.24, 2.45) is 0 Å². The summed E-state index contributed by atoms with van der Waals surface area (Å²) in [5, 5.41) is 4.13. The number of aromatic nitrogens is 2. The van der Waals surface area contributed by atoms with Crippen molar-refractivity contribution in [3.63, 3.8) is 0 Å². The van der Waals surface area contributed by atoms with Crippen LogP contribution < -0.4 is 0 Å². The molecular formula is C19H19N3O. The molecule has 0 N–H and O–H groups in total. The zero-order valence-electron chi connectivity index (χ0n) is 13.1. The van der Waals surface area contributed by atoms with Crippen molar-refractivity contribution in [2.45, 2.75) is 25.9 Å². The summed E-state index contributed by atoms with van der Waals surface area (Å²) in [5.41, 5.74) is 3.83. The fourth-order valence-electron chi connectivity index (χ4n) is 3.11.